The van der Waals surface area contributed by atoms with E-state index in [1.54, 1.807) is 25.3 Å². The van der Waals surface area contributed by atoms with Crippen LogP contribution in [0.4, 0.5) is 4.39 Å². The predicted molar refractivity (Wildman–Crippen MR) is 112 cm³/mol. The van der Waals surface area contributed by atoms with E-state index in [0.29, 0.717) is 32.6 Å². The molecule has 8 heteroatoms. The third kappa shape index (κ3) is 5.90. The van der Waals surface area contributed by atoms with Gasteiger partial charge in [-0.15, -0.1) is 6.58 Å². The molecule has 172 valence electrons. The molecule has 1 saturated carbocycles. The molecule has 1 aliphatic heterocycles. The third-order valence-corrected chi connectivity index (χ3v) is 5.51. The minimum Gasteiger partial charge on any atom is -0.383 e. The molecule has 0 unspecified atom stereocenters. The van der Waals surface area contributed by atoms with Crippen molar-refractivity contribution in [1.82, 2.24) is 5.32 Å². The summed E-state index contributed by atoms with van der Waals surface area (Å²) in [7, 11) is 1.57. The molecule has 31 heavy (non-hydrogen) atoms. The van der Waals surface area contributed by atoms with Gasteiger partial charge in [0.1, 0.15) is 11.9 Å². The van der Waals surface area contributed by atoms with Gasteiger partial charge in [0.05, 0.1) is 32.0 Å². The molecular weight excluding hydrogens is 405 g/mol. The monoisotopic (exact) mass is 437 g/mol. The normalized spacial score (nSPS) is 29.4. The van der Waals surface area contributed by atoms with Crippen LogP contribution < -0.4 is 5.32 Å². The Morgan fingerprint density at radius 1 is 1.29 bits per heavy atom. The zero-order valence-electron chi connectivity index (χ0n) is 18.4. The first-order valence-corrected chi connectivity index (χ1v) is 10.5. The van der Waals surface area contributed by atoms with Crippen molar-refractivity contribution in [2.24, 2.45) is 0 Å². The van der Waals surface area contributed by atoms with Crippen molar-refractivity contribution in [3.63, 3.8) is 0 Å². The largest absolute Gasteiger partial charge is 0.383 e. The molecule has 1 aliphatic carbocycles. The standard InChI is InChI=1S/C23H32FNO6/c1-5-11-28-18-13-23(21(26)25-10-12-27-4,14-19-20(18)31-22(2,3)30-19)29-15-16-6-8-17(24)9-7-16/h5-9,18-20H,1,10-15H2,2-4H3,(H,25,26)/t18-,19-,20+,23-/m1/s1. The van der Waals surface area contributed by atoms with Crippen LogP contribution in [0.3, 0.4) is 0 Å². The molecule has 0 aromatic heterocycles. The maximum absolute atomic E-state index is 13.3. The highest BCUT2D eigenvalue weighted by molar-refractivity contribution is 5.85. The number of amides is 1. The van der Waals surface area contributed by atoms with Crippen LogP contribution in [0, 0.1) is 5.82 Å². The molecule has 2 aliphatic rings. The van der Waals surface area contributed by atoms with Crippen LogP contribution in [0.2, 0.25) is 0 Å². The molecule has 0 spiro atoms. The van der Waals surface area contributed by atoms with E-state index in [9.17, 15) is 9.18 Å². The van der Waals surface area contributed by atoms with Crippen molar-refractivity contribution in [2.45, 2.75) is 63.0 Å². The summed E-state index contributed by atoms with van der Waals surface area (Å²) in [6.07, 6.45) is 1.16. The van der Waals surface area contributed by atoms with Crippen LogP contribution in [0.1, 0.15) is 32.3 Å². The smallest absolute Gasteiger partial charge is 0.252 e. The van der Waals surface area contributed by atoms with Gasteiger partial charge >= 0.3 is 0 Å². The average molecular weight is 438 g/mol. The molecule has 2 fully saturated rings. The summed E-state index contributed by atoms with van der Waals surface area (Å²) in [6.45, 7) is 8.60. The predicted octanol–water partition coefficient (Wildman–Crippen LogP) is 2.73. The fraction of sp³-hybridized carbons (Fsp3) is 0.609. The van der Waals surface area contributed by atoms with Crippen LogP contribution in [0.5, 0.6) is 0 Å². The van der Waals surface area contributed by atoms with Gasteiger partial charge in [0.15, 0.2) is 11.4 Å². The minimum absolute atomic E-state index is 0.147. The maximum atomic E-state index is 13.3. The first-order chi connectivity index (χ1) is 14.8. The molecule has 3 rings (SSSR count). The summed E-state index contributed by atoms with van der Waals surface area (Å²) >= 11 is 0. The number of carbonyl (C=O) groups excluding carboxylic acids is 1. The number of halogens is 1. The minimum atomic E-state index is -1.20. The summed E-state index contributed by atoms with van der Waals surface area (Å²) in [4.78, 5) is 13.3. The van der Waals surface area contributed by atoms with Crippen LogP contribution in [0.15, 0.2) is 36.9 Å². The highest BCUT2D eigenvalue weighted by atomic mass is 19.1. The van der Waals surface area contributed by atoms with Gasteiger partial charge in [-0.05, 0) is 31.5 Å². The number of methoxy groups -OCH3 is 1. The number of benzene rings is 1. The third-order valence-electron chi connectivity index (χ3n) is 5.51. The van der Waals surface area contributed by atoms with Crippen LogP contribution in [-0.2, 0) is 35.1 Å². The molecule has 1 aromatic rings. The molecular formula is C23H32FNO6. The van der Waals surface area contributed by atoms with Crippen LogP contribution >= 0.6 is 0 Å². The Bertz CT molecular complexity index is 755. The number of ether oxygens (including phenoxy) is 5. The second-order valence-electron chi connectivity index (χ2n) is 8.37. The van der Waals surface area contributed by atoms with Gasteiger partial charge < -0.3 is 29.0 Å². The Morgan fingerprint density at radius 3 is 2.71 bits per heavy atom. The van der Waals surface area contributed by atoms with Crippen LogP contribution in [-0.4, -0.2) is 62.5 Å². The first kappa shape index (κ1) is 23.8. The van der Waals surface area contributed by atoms with E-state index in [1.807, 2.05) is 13.8 Å². The van der Waals surface area contributed by atoms with Gasteiger partial charge in [-0.2, -0.15) is 0 Å². The van der Waals surface area contributed by atoms with E-state index < -0.39 is 17.5 Å². The van der Waals surface area contributed by atoms with Gasteiger partial charge in [-0.3, -0.25) is 4.79 Å². The number of hydrogen-bond donors (Lipinski definition) is 1. The Kier molecular flexibility index (Phi) is 7.82. The average Bonchev–Trinajstić information content (AvgIpc) is 3.05. The van der Waals surface area contributed by atoms with E-state index in [4.69, 9.17) is 23.7 Å². The molecule has 1 saturated heterocycles. The van der Waals surface area contributed by atoms with Crippen molar-refractivity contribution in [2.75, 3.05) is 26.9 Å². The van der Waals surface area contributed by atoms with E-state index in [-0.39, 0.29) is 30.5 Å². The Hall–Kier alpha value is -1.84. The fourth-order valence-electron chi connectivity index (χ4n) is 4.13. The van der Waals surface area contributed by atoms with Crippen molar-refractivity contribution < 1.29 is 32.9 Å². The van der Waals surface area contributed by atoms with Crippen molar-refractivity contribution in [3.8, 4) is 0 Å². The van der Waals surface area contributed by atoms with Crippen molar-refractivity contribution in [1.29, 1.82) is 0 Å². The summed E-state index contributed by atoms with van der Waals surface area (Å²) < 4.78 is 42.7. The molecule has 1 amide bonds. The number of fused-ring (bicyclic) bond motifs is 1. The van der Waals surface area contributed by atoms with Crippen molar-refractivity contribution in [3.05, 3.63) is 48.3 Å². The lowest BCUT2D eigenvalue weighted by Gasteiger charge is -2.43. The second-order valence-corrected chi connectivity index (χ2v) is 8.37. The zero-order chi connectivity index (χ0) is 22.5. The number of hydrogen-bond acceptors (Lipinski definition) is 6. The second kappa shape index (κ2) is 10.2. The quantitative estimate of drug-likeness (QED) is 0.448. The molecule has 0 radical (unpaired) electrons. The van der Waals surface area contributed by atoms with Gasteiger partial charge in [0.2, 0.25) is 0 Å². The highest BCUT2D eigenvalue weighted by Crippen LogP contribution is 2.44. The highest BCUT2D eigenvalue weighted by Gasteiger charge is 2.57. The van der Waals surface area contributed by atoms with E-state index in [2.05, 4.69) is 11.9 Å². The molecule has 1 aromatic carbocycles. The summed E-state index contributed by atoms with van der Waals surface area (Å²) in [5.41, 5.74) is -0.432. The van der Waals surface area contributed by atoms with E-state index in [1.165, 1.54) is 12.1 Å². The van der Waals surface area contributed by atoms with Gasteiger partial charge in [-0.25, -0.2) is 4.39 Å². The molecule has 1 N–H and O–H groups in total. The van der Waals surface area contributed by atoms with Gasteiger partial charge in [0, 0.05) is 26.5 Å². The van der Waals surface area contributed by atoms with Gasteiger partial charge in [-0.1, -0.05) is 18.2 Å². The summed E-state index contributed by atoms with van der Waals surface area (Å²) in [5, 5.41) is 2.90. The number of nitrogens with one attached hydrogen (secondary N) is 1. The molecule has 7 nitrogen and oxygen atoms in total. The molecule has 1 heterocycles. The van der Waals surface area contributed by atoms with Crippen LogP contribution in [0.25, 0.3) is 0 Å². The lowest BCUT2D eigenvalue weighted by molar-refractivity contribution is -0.180. The Labute approximate surface area is 182 Å². The lowest BCUT2D eigenvalue weighted by atomic mass is 9.78. The van der Waals surface area contributed by atoms with Crippen molar-refractivity contribution >= 4 is 5.91 Å². The maximum Gasteiger partial charge on any atom is 0.252 e. The lowest BCUT2D eigenvalue weighted by Crippen LogP contribution is -2.60. The SMILES string of the molecule is C=CCO[C@@H]1C[C@](OCc2ccc(F)cc2)(C(=O)NCCOC)C[C@H]2OC(C)(C)O[C@@H]12. The van der Waals surface area contributed by atoms with E-state index >= 15 is 0 Å². The number of rotatable bonds is 10. The first-order valence-electron chi connectivity index (χ1n) is 10.5. The molecule has 4 atom stereocenters. The zero-order valence-corrected chi connectivity index (χ0v) is 18.4. The topological polar surface area (TPSA) is 75.3 Å². The fourth-order valence-corrected chi connectivity index (χ4v) is 4.13. The summed E-state index contributed by atoms with van der Waals surface area (Å²) in [5.74, 6) is -1.37. The van der Waals surface area contributed by atoms with Gasteiger partial charge in [0.25, 0.3) is 5.91 Å². The summed E-state index contributed by atoms with van der Waals surface area (Å²) in [6, 6.07) is 6.02. The molecule has 0 bridgehead atoms. The number of carbonyl (C=O) groups is 1. The Morgan fingerprint density at radius 2 is 2.03 bits per heavy atom. The van der Waals surface area contributed by atoms with E-state index in [0.717, 1.165) is 5.56 Å². The Balaban J connectivity index is 1.84.